The molecule has 0 aliphatic carbocycles. The van der Waals surface area contributed by atoms with Gasteiger partial charge < -0.3 is 5.32 Å². The number of hydrogen-bond acceptors (Lipinski definition) is 3. The lowest BCUT2D eigenvalue weighted by atomic mass is 10.2. The zero-order valence-electron chi connectivity index (χ0n) is 10.2. The Morgan fingerprint density at radius 2 is 2.35 bits per heavy atom. The number of aliphatic imine (C=N–C) groups is 1. The highest BCUT2D eigenvalue weighted by molar-refractivity contribution is 8.14. The SMILES string of the molecule is CCC1CCSC(Nc2cccc(F)c2C)=N1. The van der Waals surface area contributed by atoms with Gasteiger partial charge in [0.25, 0.3) is 0 Å². The molecule has 17 heavy (non-hydrogen) atoms. The topological polar surface area (TPSA) is 24.4 Å². The van der Waals surface area contributed by atoms with Crippen LogP contribution in [-0.2, 0) is 0 Å². The highest BCUT2D eigenvalue weighted by Gasteiger charge is 2.15. The van der Waals surface area contributed by atoms with Gasteiger partial charge in [0.05, 0.1) is 6.04 Å². The van der Waals surface area contributed by atoms with E-state index >= 15 is 0 Å². The van der Waals surface area contributed by atoms with E-state index in [9.17, 15) is 4.39 Å². The fourth-order valence-electron chi connectivity index (χ4n) is 1.78. The Bertz CT molecular complexity index is 431. The third-order valence-corrected chi connectivity index (χ3v) is 3.89. The largest absolute Gasteiger partial charge is 0.335 e. The summed E-state index contributed by atoms with van der Waals surface area (Å²) in [5.41, 5.74) is 1.46. The first-order chi connectivity index (χ1) is 8.20. The average molecular weight is 252 g/mol. The predicted octanol–water partition coefficient (Wildman–Crippen LogP) is 3.82. The van der Waals surface area contributed by atoms with E-state index in [-0.39, 0.29) is 5.82 Å². The molecular formula is C13H17FN2S. The molecule has 2 rings (SSSR count). The van der Waals surface area contributed by atoms with Crippen LogP contribution in [0.5, 0.6) is 0 Å². The number of nitrogens with one attached hydrogen (secondary N) is 1. The van der Waals surface area contributed by atoms with E-state index in [4.69, 9.17) is 0 Å². The van der Waals surface area contributed by atoms with E-state index in [0.29, 0.717) is 11.6 Å². The number of anilines is 1. The molecule has 0 aromatic heterocycles. The van der Waals surface area contributed by atoms with Gasteiger partial charge in [-0.15, -0.1) is 0 Å². The van der Waals surface area contributed by atoms with E-state index in [1.807, 2.05) is 6.07 Å². The average Bonchev–Trinajstić information content (AvgIpc) is 2.35. The molecule has 1 heterocycles. The van der Waals surface area contributed by atoms with Crippen molar-refractivity contribution in [2.75, 3.05) is 11.1 Å². The van der Waals surface area contributed by atoms with Crippen molar-refractivity contribution in [3.63, 3.8) is 0 Å². The van der Waals surface area contributed by atoms with Gasteiger partial charge >= 0.3 is 0 Å². The molecule has 0 fully saturated rings. The van der Waals surface area contributed by atoms with Gasteiger partial charge in [-0.2, -0.15) is 0 Å². The molecule has 2 nitrogen and oxygen atoms in total. The maximum Gasteiger partial charge on any atom is 0.161 e. The number of amidine groups is 1. The molecule has 0 bridgehead atoms. The molecule has 4 heteroatoms. The van der Waals surface area contributed by atoms with Crippen molar-refractivity contribution in [2.45, 2.75) is 32.7 Å². The monoisotopic (exact) mass is 252 g/mol. The summed E-state index contributed by atoms with van der Waals surface area (Å²) < 4.78 is 13.4. The lowest BCUT2D eigenvalue weighted by Gasteiger charge is -2.20. The van der Waals surface area contributed by atoms with E-state index in [1.54, 1.807) is 24.8 Å². The number of hydrogen-bond donors (Lipinski definition) is 1. The highest BCUT2D eigenvalue weighted by atomic mass is 32.2. The van der Waals surface area contributed by atoms with Gasteiger partial charge in [0.15, 0.2) is 5.17 Å². The van der Waals surface area contributed by atoms with Crippen molar-refractivity contribution in [1.82, 2.24) is 0 Å². The molecule has 1 aliphatic rings. The van der Waals surface area contributed by atoms with Crippen LogP contribution in [0.2, 0.25) is 0 Å². The van der Waals surface area contributed by atoms with Gasteiger partial charge in [-0.1, -0.05) is 24.8 Å². The smallest absolute Gasteiger partial charge is 0.161 e. The molecule has 0 spiro atoms. The molecule has 1 atom stereocenters. The van der Waals surface area contributed by atoms with Gasteiger partial charge in [0.2, 0.25) is 0 Å². The van der Waals surface area contributed by atoms with Crippen molar-refractivity contribution < 1.29 is 4.39 Å². The van der Waals surface area contributed by atoms with Crippen LogP contribution in [-0.4, -0.2) is 17.0 Å². The summed E-state index contributed by atoms with van der Waals surface area (Å²) in [5.74, 6) is 0.905. The minimum atomic E-state index is -0.177. The second kappa shape index (κ2) is 5.54. The summed E-state index contributed by atoms with van der Waals surface area (Å²) in [6.45, 7) is 3.93. The van der Waals surface area contributed by atoms with E-state index in [1.165, 1.54) is 6.07 Å². The molecule has 1 aromatic carbocycles. The van der Waals surface area contributed by atoms with Crippen LogP contribution in [0.3, 0.4) is 0 Å². The fraction of sp³-hybridized carbons (Fsp3) is 0.462. The summed E-state index contributed by atoms with van der Waals surface area (Å²) in [4.78, 5) is 4.61. The predicted molar refractivity (Wildman–Crippen MR) is 73.3 cm³/mol. The van der Waals surface area contributed by atoms with Crippen molar-refractivity contribution >= 4 is 22.6 Å². The Morgan fingerprint density at radius 1 is 1.53 bits per heavy atom. The summed E-state index contributed by atoms with van der Waals surface area (Å²) in [5, 5.41) is 4.14. The Labute approximate surface area is 106 Å². The maximum atomic E-state index is 13.4. The lowest BCUT2D eigenvalue weighted by molar-refractivity contribution is 0.619. The van der Waals surface area contributed by atoms with Gasteiger partial charge in [-0.25, -0.2) is 4.39 Å². The molecule has 1 aliphatic heterocycles. The quantitative estimate of drug-likeness (QED) is 0.865. The third kappa shape index (κ3) is 3.00. The van der Waals surface area contributed by atoms with Crippen molar-refractivity contribution in [2.24, 2.45) is 4.99 Å². The number of nitrogens with zero attached hydrogens (tertiary/aromatic N) is 1. The zero-order valence-corrected chi connectivity index (χ0v) is 11.0. The molecule has 0 amide bonds. The molecule has 1 N–H and O–H groups in total. The Morgan fingerprint density at radius 3 is 3.12 bits per heavy atom. The maximum absolute atomic E-state index is 13.4. The van der Waals surface area contributed by atoms with Gasteiger partial charge in [-0.05, 0) is 31.9 Å². The molecular weight excluding hydrogens is 235 g/mol. The zero-order chi connectivity index (χ0) is 12.3. The number of benzene rings is 1. The second-order valence-electron chi connectivity index (χ2n) is 4.17. The summed E-state index contributed by atoms with van der Waals surface area (Å²) in [6.07, 6.45) is 2.20. The van der Waals surface area contributed by atoms with Gasteiger partial charge in [0.1, 0.15) is 5.82 Å². The Kier molecular flexibility index (Phi) is 4.05. The van der Waals surface area contributed by atoms with Crippen LogP contribution in [0.15, 0.2) is 23.2 Å². The van der Waals surface area contributed by atoms with Crippen molar-refractivity contribution in [1.29, 1.82) is 0 Å². The molecule has 1 unspecified atom stereocenters. The molecule has 1 aromatic rings. The van der Waals surface area contributed by atoms with Crippen LogP contribution in [0.4, 0.5) is 10.1 Å². The Balaban J connectivity index is 2.15. The minimum absolute atomic E-state index is 0.177. The van der Waals surface area contributed by atoms with E-state index in [0.717, 1.165) is 29.4 Å². The first-order valence-corrected chi connectivity index (χ1v) is 6.92. The third-order valence-electron chi connectivity index (χ3n) is 2.97. The lowest BCUT2D eigenvalue weighted by Crippen LogP contribution is -2.20. The standard InChI is InChI=1S/C13H17FN2S/c1-3-10-7-8-17-13(15-10)16-12-6-4-5-11(14)9(12)2/h4-6,10H,3,7-8H2,1-2H3,(H,15,16). The van der Waals surface area contributed by atoms with E-state index in [2.05, 4.69) is 17.2 Å². The van der Waals surface area contributed by atoms with E-state index < -0.39 is 0 Å². The highest BCUT2D eigenvalue weighted by Crippen LogP contribution is 2.23. The van der Waals surface area contributed by atoms with Crippen LogP contribution >= 0.6 is 11.8 Å². The molecule has 0 saturated carbocycles. The minimum Gasteiger partial charge on any atom is -0.335 e. The van der Waals surface area contributed by atoms with Crippen LogP contribution in [0.25, 0.3) is 0 Å². The Hall–Kier alpha value is -1.03. The van der Waals surface area contributed by atoms with Crippen molar-refractivity contribution in [3.05, 3.63) is 29.6 Å². The van der Waals surface area contributed by atoms with Crippen LogP contribution in [0.1, 0.15) is 25.3 Å². The first-order valence-electron chi connectivity index (χ1n) is 5.93. The number of halogens is 1. The molecule has 0 saturated heterocycles. The van der Waals surface area contributed by atoms with Crippen molar-refractivity contribution in [3.8, 4) is 0 Å². The van der Waals surface area contributed by atoms with Crippen LogP contribution < -0.4 is 5.32 Å². The second-order valence-corrected chi connectivity index (χ2v) is 5.25. The summed E-state index contributed by atoms with van der Waals surface area (Å²) in [6, 6.07) is 5.49. The molecule has 92 valence electrons. The fourth-order valence-corrected chi connectivity index (χ4v) is 2.77. The number of rotatable bonds is 2. The van der Waals surface area contributed by atoms with Gasteiger partial charge in [0, 0.05) is 17.0 Å². The number of thioether (sulfide) groups is 1. The summed E-state index contributed by atoms with van der Waals surface area (Å²) >= 11 is 1.71. The normalized spacial score (nSPS) is 19.9. The van der Waals surface area contributed by atoms with Gasteiger partial charge in [-0.3, -0.25) is 4.99 Å². The van der Waals surface area contributed by atoms with Crippen LogP contribution in [0, 0.1) is 12.7 Å². The molecule has 0 radical (unpaired) electrons. The first kappa shape index (κ1) is 12.4. The summed E-state index contributed by atoms with van der Waals surface area (Å²) in [7, 11) is 0.